The first kappa shape index (κ1) is 18.7. The third-order valence-corrected chi connectivity index (χ3v) is 4.59. The summed E-state index contributed by atoms with van der Waals surface area (Å²) < 4.78 is 5.83. The maximum absolute atomic E-state index is 12.1. The molecule has 2 atom stereocenters. The molecule has 1 fully saturated rings. The zero-order chi connectivity index (χ0) is 17.7. The second-order valence-electron chi connectivity index (χ2n) is 7.02. The average Bonchev–Trinajstić information content (AvgIpc) is 2.53. The molecule has 24 heavy (non-hydrogen) atoms. The van der Waals surface area contributed by atoms with Crippen molar-refractivity contribution in [3.63, 3.8) is 0 Å². The summed E-state index contributed by atoms with van der Waals surface area (Å²) in [5.74, 6) is 1.08. The molecule has 1 saturated heterocycles. The highest BCUT2D eigenvalue weighted by Crippen LogP contribution is 2.23. The van der Waals surface area contributed by atoms with Crippen molar-refractivity contribution >= 4 is 5.91 Å². The number of hydrogen-bond donors (Lipinski definition) is 1. The van der Waals surface area contributed by atoms with Crippen LogP contribution < -0.4 is 4.74 Å². The van der Waals surface area contributed by atoms with Crippen LogP contribution in [0.25, 0.3) is 0 Å². The van der Waals surface area contributed by atoms with Crippen LogP contribution in [0.5, 0.6) is 5.75 Å². The van der Waals surface area contributed by atoms with Gasteiger partial charge in [-0.3, -0.25) is 9.69 Å². The van der Waals surface area contributed by atoms with Crippen LogP contribution in [0.2, 0.25) is 0 Å². The van der Waals surface area contributed by atoms with E-state index in [4.69, 9.17) is 4.74 Å². The predicted octanol–water partition coefficient (Wildman–Crippen LogP) is 1.84. The van der Waals surface area contributed by atoms with Gasteiger partial charge in [-0.05, 0) is 44.4 Å². The summed E-state index contributed by atoms with van der Waals surface area (Å²) in [6.07, 6.45) is 1.37. The average molecular weight is 334 g/mol. The molecule has 1 aromatic carbocycles. The minimum Gasteiger partial charge on any atom is -0.490 e. The van der Waals surface area contributed by atoms with Crippen molar-refractivity contribution in [1.29, 1.82) is 0 Å². The molecule has 5 nitrogen and oxygen atoms in total. The Labute approximate surface area is 145 Å². The second-order valence-corrected chi connectivity index (χ2v) is 7.02. The summed E-state index contributed by atoms with van der Waals surface area (Å²) in [5.41, 5.74) is 2.16. The molecule has 1 aliphatic rings. The lowest BCUT2D eigenvalue weighted by molar-refractivity contribution is -0.135. The molecule has 1 heterocycles. The Morgan fingerprint density at radius 3 is 2.67 bits per heavy atom. The third kappa shape index (κ3) is 4.95. The van der Waals surface area contributed by atoms with Crippen molar-refractivity contribution in [3.05, 3.63) is 29.3 Å². The molecule has 134 valence electrons. The number of aryl methyl sites for hydroxylation is 2. The maximum Gasteiger partial charge on any atom is 0.226 e. The summed E-state index contributed by atoms with van der Waals surface area (Å²) in [6.45, 7) is 6.49. The van der Waals surface area contributed by atoms with Crippen molar-refractivity contribution < 1.29 is 14.6 Å². The van der Waals surface area contributed by atoms with Crippen molar-refractivity contribution in [2.45, 2.75) is 32.8 Å². The number of para-hydroxylation sites is 1. The Morgan fingerprint density at radius 1 is 1.38 bits per heavy atom. The Kier molecular flexibility index (Phi) is 6.63. The van der Waals surface area contributed by atoms with E-state index >= 15 is 0 Å². The lowest BCUT2D eigenvalue weighted by Crippen LogP contribution is -2.46. The van der Waals surface area contributed by atoms with Crippen LogP contribution in [0.3, 0.4) is 0 Å². The molecule has 0 aromatic heterocycles. The number of β-amino-alcohol motifs (C(OH)–C–C–N with tert-alkyl or cyclic N) is 1. The van der Waals surface area contributed by atoms with Gasteiger partial charge in [-0.25, -0.2) is 0 Å². The first-order valence-corrected chi connectivity index (χ1v) is 8.69. The van der Waals surface area contributed by atoms with Gasteiger partial charge >= 0.3 is 0 Å². The normalized spacial score (nSPS) is 19.8. The van der Waals surface area contributed by atoms with Crippen molar-refractivity contribution in [1.82, 2.24) is 9.80 Å². The highest BCUT2D eigenvalue weighted by atomic mass is 16.5. The minimum atomic E-state index is -0.558. The number of rotatable bonds is 6. The zero-order valence-corrected chi connectivity index (χ0v) is 15.3. The molecule has 1 aromatic rings. The summed E-state index contributed by atoms with van der Waals surface area (Å²) in [5, 5.41) is 10.3. The number of aliphatic hydroxyl groups is 1. The fourth-order valence-corrected chi connectivity index (χ4v) is 3.35. The molecule has 0 aliphatic carbocycles. The van der Waals surface area contributed by atoms with Gasteiger partial charge in [0.2, 0.25) is 5.91 Å². The van der Waals surface area contributed by atoms with E-state index in [1.165, 1.54) is 0 Å². The largest absolute Gasteiger partial charge is 0.490 e. The predicted molar refractivity (Wildman–Crippen MR) is 95.3 cm³/mol. The Balaban J connectivity index is 1.83. The number of carbonyl (C=O) groups excluding carboxylic acids is 1. The molecule has 2 unspecified atom stereocenters. The monoisotopic (exact) mass is 334 g/mol. The summed E-state index contributed by atoms with van der Waals surface area (Å²) in [4.78, 5) is 16.0. The van der Waals surface area contributed by atoms with Crippen LogP contribution >= 0.6 is 0 Å². The standard InChI is InChI=1S/C19H30N2O3/c1-14-7-5-8-15(2)18(14)24-13-17(22)12-21-10-6-9-16(11-21)19(23)20(3)4/h5,7-8,16-17,22H,6,9-13H2,1-4H3. The Hall–Kier alpha value is -1.59. The van der Waals surface area contributed by atoms with E-state index in [0.29, 0.717) is 6.54 Å². The number of amides is 1. The molecule has 2 rings (SSSR count). The molecule has 1 N–H and O–H groups in total. The molecule has 1 aliphatic heterocycles. The van der Waals surface area contributed by atoms with Gasteiger partial charge in [-0.15, -0.1) is 0 Å². The van der Waals surface area contributed by atoms with E-state index < -0.39 is 6.10 Å². The summed E-state index contributed by atoms with van der Waals surface area (Å²) >= 11 is 0. The zero-order valence-electron chi connectivity index (χ0n) is 15.3. The van der Waals surface area contributed by atoms with Crippen molar-refractivity contribution in [3.8, 4) is 5.75 Å². The van der Waals surface area contributed by atoms with E-state index in [2.05, 4.69) is 4.90 Å². The number of aliphatic hydroxyl groups excluding tert-OH is 1. The number of piperidine rings is 1. The van der Waals surface area contributed by atoms with Gasteiger partial charge in [0.05, 0.1) is 5.92 Å². The van der Waals surface area contributed by atoms with Crippen LogP contribution in [0.4, 0.5) is 0 Å². The van der Waals surface area contributed by atoms with Crippen molar-refractivity contribution in [2.75, 3.05) is 40.3 Å². The summed E-state index contributed by atoms with van der Waals surface area (Å²) in [6, 6.07) is 6.02. The van der Waals surface area contributed by atoms with Crippen LogP contribution in [0.1, 0.15) is 24.0 Å². The van der Waals surface area contributed by atoms with Gasteiger partial charge in [0, 0.05) is 27.2 Å². The smallest absolute Gasteiger partial charge is 0.226 e. The van der Waals surface area contributed by atoms with E-state index in [1.807, 2.05) is 32.0 Å². The summed E-state index contributed by atoms with van der Waals surface area (Å²) in [7, 11) is 3.60. The quantitative estimate of drug-likeness (QED) is 0.862. The highest BCUT2D eigenvalue weighted by molar-refractivity contribution is 5.78. The molecule has 0 radical (unpaired) electrons. The van der Waals surface area contributed by atoms with Crippen LogP contribution in [-0.4, -0.2) is 67.3 Å². The molecular formula is C19H30N2O3. The topological polar surface area (TPSA) is 53.0 Å². The molecule has 0 spiro atoms. The Bertz CT molecular complexity index is 539. The van der Waals surface area contributed by atoms with Gasteiger partial charge in [-0.1, -0.05) is 18.2 Å². The first-order chi connectivity index (χ1) is 11.4. The Morgan fingerprint density at radius 2 is 2.04 bits per heavy atom. The fourth-order valence-electron chi connectivity index (χ4n) is 3.35. The van der Waals surface area contributed by atoms with Gasteiger partial charge in [0.15, 0.2) is 0 Å². The fraction of sp³-hybridized carbons (Fsp3) is 0.632. The maximum atomic E-state index is 12.1. The molecule has 0 saturated carbocycles. The van der Waals surface area contributed by atoms with Crippen LogP contribution in [0, 0.1) is 19.8 Å². The number of nitrogens with zero attached hydrogens (tertiary/aromatic N) is 2. The van der Waals surface area contributed by atoms with Gasteiger partial charge in [0.25, 0.3) is 0 Å². The van der Waals surface area contributed by atoms with Gasteiger partial charge in [0.1, 0.15) is 18.5 Å². The number of likely N-dealkylation sites (tertiary alicyclic amines) is 1. The molecule has 0 bridgehead atoms. The van der Waals surface area contributed by atoms with E-state index in [0.717, 1.165) is 42.8 Å². The van der Waals surface area contributed by atoms with E-state index in [1.54, 1.807) is 19.0 Å². The minimum absolute atomic E-state index is 0.0421. The van der Waals surface area contributed by atoms with Crippen LogP contribution in [-0.2, 0) is 4.79 Å². The number of carbonyl (C=O) groups is 1. The SMILES string of the molecule is Cc1cccc(C)c1OCC(O)CN1CCCC(C(=O)N(C)C)C1. The molecular weight excluding hydrogens is 304 g/mol. The number of benzene rings is 1. The highest BCUT2D eigenvalue weighted by Gasteiger charge is 2.27. The van der Waals surface area contributed by atoms with E-state index in [9.17, 15) is 9.90 Å². The molecule has 1 amide bonds. The number of ether oxygens (including phenoxy) is 1. The number of hydrogen-bond acceptors (Lipinski definition) is 4. The molecule has 5 heteroatoms. The lowest BCUT2D eigenvalue weighted by Gasteiger charge is -2.34. The lowest BCUT2D eigenvalue weighted by atomic mass is 9.96. The first-order valence-electron chi connectivity index (χ1n) is 8.69. The second kappa shape index (κ2) is 8.49. The third-order valence-electron chi connectivity index (χ3n) is 4.59. The van der Waals surface area contributed by atoms with Crippen molar-refractivity contribution in [2.24, 2.45) is 5.92 Å². The van der Waals surface area contributed by atoms with Gasteiger partial charge in [-0.2, -0.15) is 0 Å². The van der Waals surface area contributed by atoms with Crippen LogP contribution in [0.15, 0.2) is 18.2 Å². The van der Waals surface area contributed by atoms with Gasteiger partial charge < -0.3 is 14.7 Å². The van der Waals surface area contributed by atoms with E-state index in [-0.39, 0.29) is 18.4 Å².